The molecule has 0 aliphatic heterocycles. The van der Waals surface area contributed by atoms with Gasteiger partial charge in [-0.2, -0.15) is 0 Å². The van der Waals surface area contributed by atoms with Crippen molar-refractivity contribution >= 4 is 5.97 Å². The van der Waals surface area contributed by atoms with Gasteiger partial charge in [0, 0.05) is 17.8 Å². The van der Waals surface area contributed by atoms with E-state index in [-0.39, 0.29) is 18.2 Å². The van der Waals surface area contributed by atoms with Crippen molar-refractivity contribution in [2.45, 2.75) is 18.8 Å². The Hall–Kier alpha value is -2.23. The zero-order valence-corrected chi connectivity index (χ0v) is 10.3. The lowest BCUT2D eigenvalue weighted by molar-refractivity contribution is -0.137. The van der Waals surface area contributed by atoms with Crippen molar-refractivity contribution in [2.75, 3.05) is 0 Å². The second-order valence-electron chi connectivity index (χ2n) is 4.34. The van der Waals surface area contributed by atoms with Crippen molar-refractivity contribution in [1.82, 2.24) is 4.98 Å². The highest BCUT2D eigenvalue weighted by atomic mass is 19.1. The summed E-state index contributed by atoms with van der Waals surface area (Å²) in [6, 6.07) is 11.8. The van der Waals surface area contributed by atoms with Crippen molar-refractivity contribution in [1.29, 1.82) is 0 Å². The van der Waals surface area contributed by atoms with Crippen LogP contribution in [0.25, 0.3) is 0 Å². The largest absolute Gasteiger partial charge is 0.481 e. The van der Waals surface area contributed by atoms with E-state index in [1.807, 2.05) is 0 Å². The maximum absolute atomic E-state index is 13.6. The van der Waals surface area contributed by atoms with Crippen LogP contribution in [0.2, 0.25) is 0 Å². The number of hydrogen-bond donors (Lipinski definition) is 1. The smallest absolute Gasteiger partial charge is 0.304 e. The Labute approximate surface area is 110 Å². The van der Waals surface area contributed by atoms with E-state index in [1.165, 1.54) is 6.07 Å². The van der Waals surface area contributed by atoms with Crippen LogP contribution in [0, 0.1) is 5.82 Å². The first-order chi connectivity index (χ1) is 9.16. The number of halogens is 1. The van der Waals surface area contributed by atoms with E-state index in [0.29, 0.717) is 17.7 Å². The van der Waals surface area contributed by atoms with Gasteiger partial charge in [-0.3, -0.25) is 9.78 Å². The molecule has 1 atom stereocenters. The lowest BCUT2D eigenvalue weighted by Crippen LogP contribution is -2.11. The van der Waals surface area contributed by atoms with Gasteiger partial charge in [-0.25, -0.2) is 4.39 Å². The molecule has 3 nitrogen and oxygen atoms in total. The Kier molecular flexibility index (Phi) is 4.23. The number of carbonyl (C=O) groups is 1. The number of carboxylic acids is 1. The maximum atomic E-state index is 13.6. The Bertz CT molecular complexity index is 557. The molecule has 0 aliphatic rings. The fourth-order valence-electron chi connectivity index (χ4n) is 2.04. The molecule has 1 N–H and O–H groups in total. The van der Waals surface area contributed by atoms with Gasteiger partial charge in [-0.15, -0.1) is 0 Å². The van der Waals surface area contributed by atoms with Crippen LogP contribution in [0.5, 0.6) is 0 Å². The molecule has 4 heteroatoms. The summed E-state index contributed by atoms with van der Waals surface area (Å²) in [5.74, 6) is -1.54. The van der Waals surface area contributed by atoms with Crippen LogP contribution < -0.4 is 0 Å². The van der Waals surface area contributed by atoms with Gasteiger partial charge >= 0.3 is 5.97 Å². The molecule has 1 aromatic carbocycles. The molecule has 1 unspecified atom stereocenters. The summed E-state index contributed by atoms with van der Waals surface area (Å²) in [4.78, 5) is 15.1. The van der Waals surface area contributed by atoms with Gasteiger partial charge in [-0.05, 0) is 30.2 Å². The average Bonchev–Trinajstić information content (AvgIpc) is 2.41. The minimum Gasteiger partial charge on any atom is -0.481 e. The number of rotatable bonds is 5. The molecule has 2 rings (SSSR count). The fourth-order valence-corrected chi connectivity index (χ4v) is 2.04. The van der Waals surface area contributed by atoms with Crippen LogP contribution in [0.1, 0.15) is 23.6 Å². The van der Waals surface area contributed by atoms with E-state index in [9.17, 15) is 9.18 Å². The number of aliphatic carboxylic acids is 1. The maximum Gasteiger partial charge on any atom is 0.304 e. The van der Waals surface area contributed by atoms with E-state index in [4.69, 9.17) is 5.11 Å². The topological polar surface area (TPSA) is 50.2 Å². The number of hydrogen-bond acceptors (Lipinski definition) is 2. The molecule has 1 aromatic heterocycles. The van der Waals surface area contributed by atoms with Crippen molar-refractivity contribution in [3.05, 3.63) is 65.7 Å². The third-order valence-electron chi connectivity index (χ3n) is 2.95. The van der Waals surface area contributed by atoms with Crippen LogP contribution in [0.4, 0.5) is 4.39 Å². The standard InChI is InChI=1S/C15H14FNO2/c16-13-6-2-1-5-11(13)9-12(10-15(18)19)14-7-3-4-8-17-14/h1-8,12H,9-10H2,(H,18,19). The quantitative estimate of drug-likeness (QED) is 0.897. The number of carboxylic acid groups (broad SMARTS) is 1. The fraction of sp³-hybridized carbons (Fsp3) is 0.200. The average molecular weight is 259 g/mol. The van der Waals surface area contributed by atoms with Crippen LogP contribution in [-0.4, -0.2) is 16.1 Å². The van der Waals surface area contributed by atoms with Gasteiger partial charge in [0.1, 0.15) is 5.82 Å². The minimum atomic E-state index is -0.910. The molecule has 0 saturated heterocycles. The monoisotopic (exact) mass is 259 g/mol. The zero-order chi connectivity index (χ0) is 13.7. The van der Waals surface area contributed by atoms with Crippen molar-refractivity contribution < 1.29 is 14.3 Å². The molecular formula is C15H14FNO2. The van der Waals surface area contributed by atoms with E-state index < -0.39 is 5.97 Å². The second kappa shape index (κ2) is 6.09. The number of benzene rings is 1. The highest BCUT2D eigenvalue weighted by molar-refractivity contribution is 5.68. The molecule has 0 amide bonds. The summed E-state index contributed by atoms with van der Waals surface area (Å²) in [6.07, 6.45) is 1.88. The molecule has 0 radical (unpaired) electrons. The van der Waals surface area contributed by atoms with Crippen LogP contribution >= 0.6 is 0 Å². The van der Waals surface area contributed by atoms with Gasteiger partial charge < -0.3 is 5.11 Å². The molecule has 98 valence electrons. The lowest BCUT2D eigenvalue weighted by atomic mass is 9.92. The summed E-state index contributed by atoms with van der Waals surface area (Å²) in [5, 5.41) is 8.97. The van der Waals surface area contributed by atoms with Gasteiger partial charge in [0.05, 0.1) is 6.42 Å². The van der Waals surface area contributed by atoms with Crippen LogP contribution in [0.15, 0.2) is 48.7 Å². The number of aromatic nitrogens is 1. The molecule has 0 fully saturated rings. The molecule has 1 heterocycles. The summed E-state index contributed by atoms with van der Waals surface area (Å²) < 4.78 is 13.6. The zero-order valence-electron chi connectivity index (χ0n) is 10.3. The Morgan fingerprint density at radius 2 is 1.95 bits per heavy atom. The van der Waals surface area contributed by atoms with Crippen molar-refractivity contribution in [3.63, 3.8) is 0 Å². The summed E-state index contributed by atoms with van der Waals surface area (Å²) in [5.41, 5.74) is 1.19. The Balaban J connectivity index is 2.24. The van der Waals surface area contributed by atoms with Gasteiger partial charge in [0.25, 0.3) is 0 Å². The van der Waals surface area contributed by atoms with E-state index >= 15 is 0 Å². The molecule has 0 spiro atoms. The molecule has 19 heavy (non-hydrogen) atoms. The molecule has 0 saturated carbocycles. The predicted octanol–water partition coefficient (Wildman–Crippen LogP) is 3.02. The van der Waals surface area contributed by atoms with Crippen molar-refractivity contribution in [2.24, 2.45) is 0 Å². The number of pyridine rings is 1. The molecule has 0 aliphatic carbocycles. The Morgan fingerprint density at radius 1 is 1.21 bits per heavy atom. The van der Waals surface area contributed by atoms with E-state index in [2.05, 4.69) is 4.98 Å². The third kappa shape index (κ3) is 3.61. The first kappa shape index (κ1) is 13.2. The molecule has 2 aromatic rings. The Morgan fingerprint density at radius 3 is 2.58 bits per heavy atom. The highest BCUT2D eigenvalue weighted by Crippen LogP contribution is 2.24. The normalized spacial score (nSPS) is 12.1. The second-order valence-corrected chi connectivity index (χ2v) is 4.34. The van der Waals surface area contributed by atoms with Crippen LogP contribution in [0.3, 0.4) is 0 Å². The summed E-state index contributed by atoms with van der Waals surface area (Å²) >= 11 is 0. The summed E-state index contributed by atoms with van der Waals surface area (Å²) in [6.45, 7) is 0. The van der Waals surface area contributed by atoms with Crippen molar-refractivity contribution in [3.8, 4) is 0 Å². The van der Waals surface area contributed by atoms with Crippen LogP contribution in [-0.2, 0) is 11.2 Å². The molecular weight excluding hydrogens is 245 g/mol. The lowest BCUT2D eigenvalue weighted by Gasteiger charge is -2.14. The summed E-state index contributed by atoms with van der Waals surface area (Å²) in [7, 11) is 0. The van der Waals surface area contributed by atoms with E-state index in [1.54, 1.807) is 42.6 Å². The van der Waals surface area contributed by atoms with Gasteiger partial charge in [0.15, 0.2) is 0 Å². The van der Waals surface area contributed by atoms with Gasteiger partial charge in [0.2, 0.25) is 0 Å². The van der Waals surface area contributed by atoms with Gasteiger partial charge in [-0.1, -0.05) is 24.3 Å². The first-order valence-corrected chi connectivity index (χ1v) is 6.03. The SMILES string of the molecule is O=C(O)CC(Cc1ccccc1F)c1ccccn1. The molecule has 0 bridgehead atoms. The minimum absolute atomic E-state index is 0.0641. The third-order valence-corrected chi connectivity index (χ3v) is 2.95. The highest BCUT2D eigenvalue weighted by Gasteiger charge is 2.18. The predicted molar refractivity (Wildman–Crippen MR) is 69.3 cm³/mol. The number of nitrogens with zero attached hydrogens (tertiary/aromatic N) is 1. The first-order valence-electron chi connectivity index (χ1n) is 6.03. The van der Waals surface area contributed by atoms with E-state index in [0.717, 1.165) is 0 Å².